The molecule has 4 heteroatoms. The van der Waals surface area contributed by atoms with Gasteiger partial charge in [-0.3, -0.25) is 4.79 Å². The lowest BCUT2D eigenvalue weighted by Gasteiger charge is -2.16. The van der Waals surface area contributed by atoms with E-state index in [0.717, 1.165) is 27.9 Å². The minimum Gasteiger partial charge on any atom is -0.341 e. The van der Waals surface area contributed by atoms with Crippen molar-refractivity contribution in [3.05, 3.63) is 33.8 Å². The molecular formula is C12H16BrNOS. The Kier molecular flexibility index (Phi) is 5.35. The van der Waals surface area contributed by atoms with Gasteiger partial charge in [-0.1, -0.05) is 22.0 Å². The van der Waals surface area contributed by atoms with Crippen LogP contribution < -0.4 is 0 Å². The van der Waals surface area contributed by atoms with Gasteiger partial charge >= 0.3 is 0 Å². The van der Waals surface area contributed by atoms with Crippen LogP contribution in [0.2, 0.25) is 0 Å². The number of rotatable bonds is 4. The highest BCUT2D eigenvalue weighted by atomic mass is 79.9. The molecule has 2 nitrogen and oxygen atoms in total. The van der Waals surface area contributed by atoms with Gasteiger partial charge in [0.1, 0.15) is 0 Å². The third kappa shape index (κ3) is 3.52. The van der Waals surface area contributed by atoms with Crippen LogP contribution in [0.4, 0.5) is 0 Å². The zero-order valence-corrected chi connectivity index (χ0v) is 12.2. The van der Waals surface area contributed by atoms with Gasteiger partial charge in [0.25, 0.3) is 5.91 Å². The van der Waals surface area contributed by atoms with Crippen molar-refractivity contribution < 1.29 is 4.79 Å². The molecule has 0 aliphatic rings. The predicted octanol–water partition coefficient (Wildman–Crippen LogP) is 3.19. The molecule has 0 fully saturated rings. The van der Waals surface area contributed by atoms with E-state index in [0.29, 0.717) is 0 Å². The second-order valence-electron chi connectivity index (χ2n) is 3.68. The molecule has 0 N–H and O–H groups in total. The second kappa shape index (κ2) is 6.30. The fourth-order valence-corrected chi connectivity index (χ4v) is 2.11. The average molecular weight is 302 g/mol. The van der Waals surface area contributed by atoms with Crippen molar-refractivity contribution in [3.8, 4) is 0 Å². The van der Waals surface area contributed by atoms with E-state index in [1.165, 1.54) is 0 Å². The van der Waals surface area contributed by atoms with E-state index in [9.17, 15) is 4.79 Å². The summed E-state index contributed by atoms with van der Waals surface area (Å²) in [4.78, 5) is 13.8. The average Bonchev–Trinajstić information content (AvgIpc) is 2.28. The summed E-state index contributed by atoms with van der Waals surface area (Å²) < 4.78 is 0.983. The molecule has 0 aromatic heterocycles. The van der Waals surface area contributed by atoms with Gasteiger partial charge in [0, 0.05) is 29.4 Å². The van der Waals surface area contributed by atoms with Crippen LogP contribution in [0.25, 0.3) is 0 Å². The van der Waals surface area contributed by atoms with Crippen molar-refractivity contribution in [1.82, 2.24) is 4.90 Å². The molecule has 0 heterocycles. The lowest BCUT2D eigenvalue weighted by Crippen LogP contribution is -2.28. The molecular weight excluding hydrogens is 286 g/mol. The quantitative estimate of drug-likeness (QED) is 0.851. The van der Waals surface area contributed by atoms with Crippen LogP contribution in [0.3, 0.4) is 0 Å². The Morgan fingerprint density at radius 3 is 2.75 bits per heavy atom. The first kappa shape index (κ1) is 13.6. The molecule has 0 radical (unpaired) electrons. The molecule has 0 aliphatic carbocycles. The van der Waals surface area contributed by atoms with E-state index >= 15 is 0 Å². The standard InChI is InChI=1S/C12H16BrNOS/c1-9-4-5-10(8-11(9)13)12(15)14(2)6-7-16-3/h4-5,8H,6-7H2,1-3H3. The number of nitrogens with zero attached hydrogens (tertiary/aromatic N) is 1. The van der Waals surface area contributed by atoms with Crippen molar-refractivity contribution >= 4 is 33.6 Å². The third-order valence-electron chi connectivity index (χ3n) is 2.40. The summed E-state index contributed by atoms with van der Waals surface area (Å²) in [7, 11) is 1.84. The Balaban J connectivity index is 2.76. The first-order valence-electron chi connectivity index (χ1n) is 5.07. The van der Waals surface area contributed by atoms with Crippen molar-refractivity contribution in [1.29, 1.82) is 0 Å². The van der Waals surface area contributed by atoms with Crippen LogP contribution in [0.1, 0.15) is 15.9 Å². The summed E-state index contributed by atoms with van der Waals surface area (Å²) in [5, 5.41) is 0. The summed E-state index contributed by atoms with van der Waals surface area (Å²) in [6, 6.07) is 5.71. The van der Waals surface area contributed by atoms with E-state index in [1.54, 1.807) is 16.7 Å². The number of carbonyl (C=O) groups is 1. The maximum atomic E-state index is 12.0. The molecule has 0 saturated carbocycles. The number of amides is 1. The van der Waals surface area contributed by atoms with E-state index < -0.39 is 0 Å². The number of halogens is 1. The lowest BCUT2D eigenvalue weighted by molar-refractivity contribution is 0.0803. The van der Waals surface area contributed by atoms with Crippen molar-refractivity contribution in [2.75, 3.05) is 25.6 Å². The molecule has 16 heavy (non-hydrogen) atoms. The van der Waals surface area contributed by atoms with E-state index in [1.807, 2.05) is 38.4 Å². The van der Waals surface area contributed by atoms with Gasteiger partial charge in [0.2, 0.25) is 0 Å². The fraction of sp³-hybridized carbons (Fsp3) is 0.417. The molecule has 0 unspecified atom stereocenters. The van der Waals surface area contributed by atoms with Crippen molar-refractivity contribution in [2.45, 2.75) is 6.92 Å². The number of benzene rings is 1. The second-order valence-corrected chi connectivity index (χ2v) is 5.52. The van der Waals surface area contributed by atoms with Crippen LogP contribution in [-0.4, -0.2) is 36.4 Å². The van der Waals surface area contributed by atoms with Gasteiger partial charge in [-0.25, -0.2) is 0 Å². The Hall–Kier alpha value is -0.480. The van der Waals surface area contributed by atoms with Crippen LogP contribution in [0.5, 0.6) is 0 Å². The molecule has 1 amide bonds. The molecule has 0 aliphatic heterocycles. The van der Waals surface area contributed by atoms with Crippen LogP contribution in [-0.2, 0) is 0 Å². The summed E-state index contributed by atoms with van der Waals surface area (Å²) >= 11 is 5.19. The molecule has 0 spiro atoms. The van der Waals surface area contributed by atoms with Crippen LogP contribution in [0.15, 0.2) is 22.7 Å². The van der Waals surface area contributed by atoms with Gasteiger partial charge in [-0.2, -0.15) is 11.8 Å². The smallest absolute Gasteiger partial charge is 0.253 e. The van der Waals surface area contributed by atoms with Crippen LogP contribution in [0, 0.1) is 6.92 Å². The van der Waals surface area contributed by atoms with Crippen molar-refractivity contribution in [2.24, 2.45) is 0 Å². The number of carbonyl (C=O) groups excluding carboxylic acids is 1. The predicted molar refractivity (Wildman–Crippen MR) is 74.2 cm³/mol. The third-order valence-corrected chi connectivity index (χ3v) is 3.84. The number of thioether (sulfide) groups is 1. The summed E-state index contributed by atoms with van der Waals surface area (Å²) in [6.45, 7) is 2.79. The topological polar surface area (TPSA) is 20.3 Å². The van der Waals surface area contributed by atoms with Crippen LogP contribution >= 0.6 is 27.7 Å². The Morgan fingerprint density at radius 1 is 1.50 bits per heavy atom. The highest BCUT2D eigenvalue weighted by Gasteiger charge is 2.11. The molecule has 0 bridgehead atoms. The molecule has 88 valence electrons. The first-order valence-corrected chi connectivity index (χ1v) is 7.25. The summed E-state index contributed by atoms with van der Waals surface area (Å²) in [5.41, 5.74) is 1.88. The Morgan fingerprint density at radius 2 is 2.19 bits per heavy atom. The lowest BCUT2D eigenvalue weighted by atomic mass is 10.1. The minimum absolute atomic E-state index is 0.0785. The molecule has 1 rings (SSSR count). The normalized spacial score (nSPS) is 10.2. The molecule has 1 aromatic carbocycles. The Labute approximate surface area is 110 Å². The fourth-order valence-electron chi connectivity index (χ4n) is 1.28. The zero-order valence-electron chi connectivity index (χ0n) is 9.79. The van der Waals surface area contributed by atoms with Gasteiger partial charge in [0.05, 0.1) is 0 Å². The number of aryl methyl sites for hydroxylation is 1. The zero-order chi connectivity index (χ0) is 12.1. The van der Waals surface area contributed by atoms with Gasteiger partial charge in [0.15, 0.2) is 0 Å². The molecule has 1 aromatic rings. The highest BCUT2D eigenvalue weighted by Crippen LogP contribution is 2.18. The SMILES string of the molecule is CSCCN(C)C(=O)c1ccc(C)c(Br)c1. The molecule has 0 atom stereocenters. The van der Waals surface area contributed by atoms with Gasteiger partial charge < -0.3 is 4.90 Å². The van der Waals surface area contributed by atoms with Crippen molar-refractivity contribution in [3.63, 3.8) is 0 Å². The Bertz CT molecular complexity index is 381. The summed E-state index contributed by atoms with van der Waals surface area (Å²) in [5.74, 6) is 1.05. The monoisotopic (exact) mass is 301 g/mol. The minimum atomic E-state index is 0.0785. The first-order chi connectivity index (χ1) is 7.56. The largest absolute Gasteiger partial charge is 0.341 e. The number of hydrogen-bond donors (Lipinski definition) is 0. The maximum Gasteiger partial charge on any atom is 0.253 e. The molecule has 0 saturated heterocycles. The summed E-state index contributed by atoms with van der Waals surface area (Å²) in [6.07, 6.45) is 2.04. The van der Waals surface area contributed by atoms with E-state index in [2.05, 4.69) is 15.9 Å². The van der Waals surface area contributed by atoms with E-state index in [4.69, 9.17) is 0 Å². The van der Waals surface area contributed by atoms with Gasteiger partial charge in [-0.05, 0) is 30.9 Å². The number of hydrogen-bond acceptors (Lipinski definition) is 2. The van der Waals surface area contributed by atoms with Gasteiger partial charge in [-0.15, -0.1) is 0 Å². The maximum absolute atomic E-state index is 12.0. The highest BCUT2D eigenvalue weighted by molar-refractivity contribution is 9.10. The van der Waals surface area contributed by atoms with E-state index in [-0.39, 0.29) is 5.91 Å².